The molecule has 0 N–H and O–H groups in total. The predicted molar refractivity (Wildman–Crippen MR) is 105 cm³/mol. The first kappa shape index (κ1) is 17.9. The summed E-state index contributed by atoms with van der Waals surface area (Å²) in [4.78, 5) is 0. The highest BCUT2D eigenvalue weighted by molar-refractivity contribution is 5.17. The van der Waals surface area contributed by atoms with Gasteiger partial charge in [0.05, 0.1) is 0 Å². The maximum Gasteiger partial charge on any atom is 0.167 e. The fraction of sp³-hybridized carbons (Fsp3) is 0.250. The standard InChI is InChI=1S/C24H24O3/c1-4-10-19(11-5-1)16-22-25-23(17-20-12-6-2-7-13-20)27-24(26-22)18-21-14-8-3-9-15-21/h1-15,22-24H,16-18H2. The molecule has 0 amide bonds. The van der Waals surface area contributed by atoms with Crippen LogP contribution in [-0.2, 0) is 33.5 Å². The van der Waals surface area contributed by atoms with Crippen LogP contribution in [-0.4, -0.2) is 18.9 Å². The first-order chi connectivity index (χ1) is 13.3. The van der Waals surface area contributed by atoms with Crippen molar-refractivity contribution in [3.63, 3.8) is 0 Å². The predicted octanol–water partition coefficient (Wildman–Crippen LogP) is 4.76. The van der Waals surface area contributed by atoms with E-state index in [4.69, 9.17) is 14.2 Å². The monoisotopic (exact) mass is 360 g/mol. The molecule has 1 aliphatic rings. The molecular formula is C24H24O3. The largest absolute Gasteiger partial charge is 0.323 e. The molecule has 0 radical (unpaired) electrons. The number of hydrogen-bond acceptors (Lipinski definition) is 3. The van der Waals surface area contributed by atoms with Crippen LogP contribution in [0.3, 0.4) is 0 Å². The summed E-state index contributed by atoms with van der Waals surface area (Å²) in [5.74, 6) is 0. The van der Waals surface area contributed by atoms with Crippen molar-refractivity contribution in [1.82, 2.24) is 0 Å². The smallest absolute Gasteiger partial charge is 0.167 e. The van der Waals surface area contributed by atoms with E-state index in [2.05, 4.69) is 36.4 Å². The van der Waals surface area contributed by atoms with Crippen molar-refractivity contribution in [3.8, 4) is 0 Å². The molecule has 138 valence electrons. The Hall–Kier alpha value is -2.46. The van der Waals surface area contributed by atoms with Crippen LogP contribution >= 0.6 is 0 Å². The number of rotatable bonds is 6. The van der Waals surface area contributed by atoms with Crippen molar-refractivity contribution < 1.29 is 14.2 Å². The van der Waals surface area contributed by atoms with Crippen LogP contribution in [0.1, 0.15) is 16.7 Å². The van der Waals surface area contributed by atoms with Gasteiger partial charge in [-0.2, -0.15) is 0 Å². The normalized spacial score (nSPS) is 22.4. The Labute approximate surface area is 160 Å². The van der Waals surface area contributed by atoms with Crippen molar-refractivity contribution in [3.05, 3.63) is 108 Å². The van der Waals surface area contributed by atoms with Gasteiger partial charge in [-0.25, -0.2) is 0 Å². The van der Waals surface area contributed by atoms with E-state index in [1.54, 1.807) is 0 Å². The number of hydrogen-bond donors (Lipinski definition) is 0. The summed E-state index contributed by atoms with van der Waals surface area (Å²) in [5, 5.41) is 0. The Morgan fingerprint density at radius 3 is 0.926 bits per heavy atom. The van der Waals surface area contributed by atoms with Crippen molar-refractivity contribution >= 4 is 0 Å². The summed E-state index contributed by atoms with van der Waals surface area (Å²) < 4.78 is 18.4. The van der Waals surface area contributed by atoms with Crippen LogP contribution in [0.4, 0.5) is 0 Å². The van der Waals surface area contributed by atoms with Crippen molar-refractivity contribution in [2.24, 2.45) is 0 Å². The van der Waals surface area contributed by atoms with Gasteiger partial charge < -0.3 is 14.2 Å². The first-order valence-corrected chi connectivity index (χ1v) is 9.43. The molecule has 3 nitrogen and oxygen atoms in total. The molecule has 27 heavy (non-hydrogen) atoms. The summed E-state index contributed by atoms with van der Waals surface area (Å²) in [6.45, 7) is 0. The second-order valence-electron chi connectivity index (χ2n) is 6.77. The summed E-state index contributed by atoms with van der Waals surface area (Å²) in [6, 6.07) is 30.9. The van der Waals surface area contributed by atoms with E-state index in [0.29, 0.717) is 19.3 Å². The molecule has 0 aliphatic carbocycles. The van der Waals surface area contributed by atoms with E-state index in [1.807, 2.05) is 54.6 Å². The number of benzene rings is 3. The maximum atomic E-state index is 6.12. The lowest BCUT2D eigenvalue weighted by atomic mass is 10.1. The first-order valence-electron chi connectivity index (χ1n) is 9.43. The molecule has 0 unspecified atom stereocenters. The zero-order chi connectivity index (χ0) is 18.3. The van der Waals surface area contributed by atoms with Gasteiger partial charge in [-0.1, -0.05) is 91.0 Å². The van der Waals surface area contributed by atoms with Crippen LogP contribution in [0.15, 0.2) is 91.0 Å². The molecule has 1 aliphatic heterocycles. The minimum absolute atomic E-state index is 0.316. The van der Waals surface area contributed by atoms with E-state index >= 15 is 0 Å². The molecule has 3 aromatic rings. The molecule has 1 saturated heterocycles. The molecular weight excluding hydrogens is 336 g/mol. The summed E-state index contributed by atoms with van der Waals surface area (Å²) in [6.07, 6.45) is 1.18. The Bertz CT molecular complexity index is 686. The lowest BCUT2D eigenvalue weighted by molar-refractivity contribution is -0.381. The van der Waals surface area contributed by atoms with Crippen LogP contribution in [0.2, 0.25) is 0 Å². The van der Waals surface area contributed by atoms with Crippen molar-refractivity contribution in [2.75, 3.05) is 0 Å². The highest BCUT2D eigenvalue weighted by Gasteiger charge is 2.31. The second kappa shape index (κ2) is 8.96. The summed E-state index contributed by atoms with van der Waals surface area (Å²) in [5.41, 5.74) is 3.59. The van der Waals surface area contributed by atoms with Crippen molar-refractivity contribution in [2.45, 2.75) is 38.1 Å². The lowest BCUT2D eigenvalue weighted by Gasteiger charge is -2.36. The average Bonchev–Trinajstić information content (AvgIpc) is 2.70. The molecule has 1 heterocycles. The zero-order valence-corrected chi connectivity index (χ0v) is 15.2. The molecule has 0 atom stereocenters. The quantitative estimate of drug-likeness (QED) is 0.634. The molecule has 0 bridgehead atoms. The van der Waals surface area contributed by atoms with Gasteiger partial charge in [0, 0.05) is 19.3 Å². The van der Waals surface area contributed by atoms with Crippen LogP contribution < -0.4 is 0 Å². The third-order valence-corrected chi connectivity index (χ3v) is 4.65. The highest BCUT2D eigenvalue weighted by atomic mass is 16.9. The molecule has 1 fully saturated rings. The minimum atomic E-state index is -0.316. The highest BCUT2D eigenvalue weighted by Crippen LogP contribution is 2.24. The fourth-order valence-corrected chi connectivity index (χ4v) is 3.31. The van der Waals surface area contributed by atoms with Gasteiger partial charge in [0.25, 0.3) is 0 Å². The van der Waals surface area contributed by atoms with Crippen LogP contribution in [0.5, 0.6) is 0 Å². The Morgan fingerprint density at radius 2 is 0.667 bits per heavy atom. The van der Waals surface area contributed by atoms with E-state index in [0.717, 1.165) is 0 Å². The van der Waals surface area contributed by atoms with E-state index < -0.39 is 0 Å². The van der Waals surface area contributed by atoms with Crippen molar-refractivity contribution in [1.29, 1.82) is 0 Å². The minimum Gasteiger partial charge on any atom is -0.323 e. The van der Waals surface area contributed by atoms with Gasteiger partial charge in [-0.15, -0.1) is 0 Å². The van der Waals surface area contributed by atoms with E-state index in [9.17, 15) is 0 Å². The van der Waals surface area contributed by atoms with Crippen LogP contribution in [0, 0.1) is 0 Å². The fourth-order valence-electron chi connectivity index (χ4n) is 3.31. The Morgan fingerprint density at radius 1 is 0.407 bits per heavy atom. The van der Waals surface area contributed by atoms with Gasteiger partial charge in [0.2, 0.25) is 0 Å². The summed E-state index contributed by atoms with van der Waals surface area (Å²) in [7, 11) is 0. The third kappa shape index (κ3) is 5.27. The Kier molecular flexibility index (Phi) is 5.95. The second-order valence-corrected chi connectivity index (χ2v) is 6.77. The zero-order valence-electron chi connectivity index (χ0n) is 15.2. The molecule has 0 saturated carbocycles. The lowest BCUT2D eigenvalue weighted by Crippen LogP contribution is -2.43. The van der Waals surface area contributed by atoms with Gasteiger partial charge >= 0.3 is 0 Å². The maximum absolute atomic E-state index is 6.12. The Balaban J connectivity index is 1.47. The van der Waals surface area contributed by atoms with E-state index in [-0.39, 0.29) is 18.9 Å². The molecule has 3 heteroatoms. The molecule has 4 rings (SSSR count). The number of ether oxygens (including phenoxy) is 3. The van der Waals surface area contributed by atoms with Gasteiger partial charge in [0.1, 0.15) is 0 Å². The summed E-state index contributed by atoms with van der Waals surface area (Å²) >= 11 is 0. The van der Waals surface area contributed by atoms with Gasteiger partial charge in [0.15, 0.2) is 18.9 Å². The third-order valence-electron chi connectivity index (χ3n) is 4.65. The van der Waals surface area contributed by atoms with Gasteiger partial charge in [-0.3, -0.25) is 0 Å². The van der Waals surface area contributed by atoms with Gasteiger partial charge in [-0.05, 0) is 16.7 Å². The molecule has 3 aromatic carbocycles. The SMILES string of the molecule is c1ccc(CC2OC(Cc3ccccc3)OC(Cc3ccccc3)O2)cc1. The molecule has 0 spiro atoms. The average molecular weight is 360 g/mol. The van der Waals surface area contributed by atoms with E-state index in [1.165, 1.54) is 16.7 Å². The van der Waals surface area contributed by atoms with Crippen LogP contribution in [0.25, 0.3) is 0 Å². The topological polar surface area (TPSA) is 27.7 Å². The molecule has 0 aromatic heterocycles.